The van der Waals surface area contributed by atoms with Gasteiger partial charge in [0, 0.05) is 24.2 Å². The van der Waals surface area contributed by atoms with E-state index in [1.165, 1.54) is 7.11 Å². The molecule has 7 heteroatoms. The quantitative estimate of drug-likeness (QED) is 0.713. The number of hydrogen-bond acceptors (Lipinski definition) is 7. The third kappa shape index (κ3) is 3.68. The molecule has 0 bridgehead atoms. The summed E-state index contributed by atoms with van der Waals surface area (Å²) in [5.41, 5.74) is 2.05. The van der Waals surface area contributed by atoms with Crippen molar-refractivity contribution in [2.24, 2.45) is 0 Å². The largest absolute Gasteiger partial charge is 0.465 e. The van der Waals surface area contributed by atoms with Crippen LogP contribution in [-0.2, 0) is 9.47 Å². The molecule has 1 aliphatic heterocycles. The molecular weight excluding hydrogens is 344 g/mol. The average Bonchev–Trinajstić information content (AvgIpc) is 2.73. The summed E-state index contributed by atoms with van der Waals surface area (Å²) >= 11 is 0. The van der Waals surface area contributed by atoms with E-state index in [-0.39, 0.29) is 5.97 Å². The summed E-state index contributed by atoms with van der Waals surface area (Å²) in [5, 5.41) is 4.21. The Kier molecular flexibility index (Phi) is 4.84. The molecule has 2 heterocycles. The van der Waals surface area contributed by atoms with Gasteiger partial charge in [0.1, 0.15) is 5.82 Å². The molecule has 0 saturated carbocycles. The van der Waals surface area contributed by atoms with Gasteiger partial charge in [-0.3, -0.25) is 0 Å². The molecule has 1 saturated heterocycles. The van der Waals surface area contributed by atoms with Crippen molar-refractivity contribution in [2.75, 3.05) is 43.6 Å². The van der Waals surface area contributed by atoms with Gasteiger partial charge in [0.15, 0.2) is 0 Å². The van der Waals surface area contributed by atoms with Crippen molar-refractivity contribution in [1.29, 1.82) is 0 Å². The molecule has 3 aromatic rings. The summed E-state index contributed by atoms with van der Waals surface area (Å²) < 4.78 is 10.2. The summed E-state index contributed by atoms with van der Waals surface area (Å²) in [6.07, 6.45) is 0. The smallest absolute Gasteiger partial charge is 0.337 e. The van der Waals surface area contributed by atoms with Gasteiger partial charge in [0.25, 0.3) is 0 Å². The zero-order valence-electron chi connectivity index (χ0n) is 15.0. The fourth-order valence-corrected chi connectivity index (χ4v) is 3.10. The minimum absolute atomic E-state index is 0.382. The number of esters is 1. The van der Waals surface area contributed by atoms with Crippen molar-refractivity contribution in [3.63, 3.8) is 0 Å². The van der Waals surface area contributed by atoms with Crippen LogP contribution in [0.25, 0.3) is 10.9 Å². The molecule has 1 fully saturated rings. The second-order valence-electron chi connectivity index (χ2n) is 6.18. The molecule has 0 amide bonds. The van der Waals surface area contributed by atoms with Crippen LogP contribution in [0.1, 0.15) is 10.4 Å². The number of morpholine rings is 1. The number of nitrogens with one attached hydrogen (secondary N) is 1. The molecule has 0 unspecified atom stereocenters. The minimum atomic E-state index is -0.382. The van der Waals surface area contributed by atoms with Crippen LogP contribution >= 0.6 is 0 Å². The van der Waals surface area contributed by atoms with E-state index < -0.39 is 0 Å². The van der Waals surface area contributed by atoms with Crippen LogP contribution in [0, 0.1) is 0 Å². The number of rotatable bonds is 4. The highest BCUT2D eigenvalue weighted by Crippen LogP contribution is 2.27. The zero-order chi connectivity index (χ0) is 18.6. The predicted octanol–water partition coefficient (Wildman–Crippen LogP) is 3.00. The summed E-state index contributed by atoms with van der Waals surface area (Å²) in [4.78, 5) is 23.3. The normalized spacial score (nSPS) is 14.2. The van der Waals surface area contributed by atoms with Crippen LogP contribution < -0.4 is 10.2 Å². The summed E-state index contributed by atoms with van der Waals surface area (Å²) in [6.45, 7) is 2.95. The zero-order valence-corrected chi connectivity index (χ0v) is 15.0. The number of para-hydroxylation sites is 1. The number of ether oxygens (including phenoxy) is 2. The van der Waals surface area contributed by atoms with E-state index in [4.69, 9.17) is 14.5 Å². The number of methoxy groups -OCH3 is 1. The van der Waals surface area contributed by atoms with Crippen LogP contribution in [0.4, 0.5) is 17.5 Å². The Hall–Kier alpha value is -3.19. The fraction of sp³-hybridized carbons (Fsp3) is 0.250. The van der Waals surface area contributed by atoms with Crippen LogP contribution in [0.2, 0.25) is 0 Å². The first-order valence-corrected chi connectivity index (χ1v) is 8.79. The first-order valence-electron chi connectivity index (χ1n) is 8.79. The second kappa shape index (κ2) is 7.59. The first kappa shape index (κ1) is 17.2. The number of hydrogen-bond donors (Lipinski definition) is 1. The molecule has 0 atom stereocenters. The first-order chi connectivity index (χ1) is 13.2. The molecule has 27 heavy (non-hydrogen) atoms. The molecule has 138 valence electrons. The Morgan fingerprint density at radius 2 is 1.93 bits per heavy atom. The Morgan fingerprint density at radius 3 is 2.74 bits per heavy atom. The second-order valence-corrected chi connectivity index (χ2v) is 6.18. The molecule has 4 rings (SSSR count). The molecular formula is C20H20N4O3. The van der Waals surface area contributed by atoms with E-state index in [9.17, 15) is 4.79 Å². The van der Waals surface area contributed by atoms with Gasteiger partial charge in [-0.1, -0.05) is 18.2 Å². The number of aromatic nitrogens is 2. The number of carbonyl (C=O) groups excluding carboxylic acids is 1. The van der Waals surface area contributed by atoms with Crippen LogP contribution in [-0.4, -0.2) is 49.4 Å². The van der Waals surface area contributed by atoms with Gasteiger partial charge in [-0.05, 0) is 30.3 Å². The third-order valence-corrected chi connectivity index (χ3v) is 4.43. The van der Waals surface area contributed by atoms with E-state index >= 15 is 0 Å². The Morgan fingerprint density at radius 1 is 1.11 bits per heavy atom. The summed E-state index contributed by atoms with van der Waals surface area (Å²) in [6, 6.07) is 15.0. The van der Waals surface area contributed by atoms with Gasteiger partial charge in [-0.25, -0.2) is 9.78 Å². The van der Waals surface area contributed by atoms with Crippen molar-refractivity contribution in [1.82, 2.24) is 9.97 Å². The highest BCUT2D eigenvalue weighted by atomic mass is 16.5. The van der Waals surface area contributed by atoms with Crippen LogP contribution in [0.15, 0.2) is 48.5 Å². The molecule has 1 aromatic heterocycles. The van der Waals surface area contributed by atoms with Gasteiger partial charge in [0.05, 0.1) is 31.4 Å². The average molecular weight is 364 g/mol. The highest BCUT2D eigenvalue weighted by Gasteiger charge is 2.17. The summed E-state index contributed by atoms with van der Waals surface area (Å²) in [7, 11) is 1.36. The van der Waals surface area contributed by atoms with Gasteiger partial charge < -0.3 is 19.7 Å². The van der Waals surface area contributed by atoms with Crippen molar-refractivity contribution >= 4 is 34.3 Å². The van der Waals surface area contributed by atoms with E-state index in [1.807, 2.05) is 30.3 Å². The van der Waals surface area contributed by atoms with E-state index in [0.29, 0.717) is 24.7 Å². The monoisotopic (exact) mass is 364 g/mol. The Labute approximate surface area is 156 Å². The molecule has 0 radical (unpaired) electrons. The van der Waals surface area contributed by atoms with Crippen LogP contribution in [0.3, 0.4) is 0 Å². The molecule has 7 nitrogen and oxygen atoms in total. The van der Waals surface area contributed by atoms with Gasteiger partial charge in [-0.15, -0.1) is 0 Å². The number of nitrogens with zero attached hydrogens (tertiary/aromatic N) is 3. The van der Waals surface area contributed by atoms with E-state index in [2.05, 4.69) is 15.2 Å². The molecule has 1 aliphatic rings. The Balaban J connectivity index is 1.71. The fourth-order valence-electron chi connectivity index (χ4n) is 3.10. The number of anilines is 3. The number of fused-ring (bicyclic) bond motifs is 1. The SMILES string of the molecule is COC(=O)c1cccc(Nc2nc(N3CCOCC3)c3ccccc3n2)c1. The Bertz CT molecular complexity index is 970. The highest BCUT2D eigenvalue weighted by molar-refractivity contribution is 5.92. The topological polar surface area (TPSA) is 76.6 Å². The van der Waals surface area contributed by atoms with Crippen molar-refractivity contribution in [3.05, 3.63) is 54.1 Å². The van der Waals surface area contributed by atoms with E-state index in [1.54, 1.807) is 18.2 Å². The van der Waals surface area contributed by atoms with Gasteiger partial charge in [-0.2, -0.15) is 4.98 Å². The number of carbonyl (C=O) groups is 1. The van der Waals surface area contributed by atoms with Crippen LogP contribution in [0.5, 0.6) is 0 Å². The maximum Gasteiger partial charge on any atom is 0.337 e. The maximum absolute atomic E-state index is 11.8. The molecule has 2 aromatic carbocycles. The van der Waals surface area contributed by atoms with E-state index in [0.717, 1.165) is 35.5 Å². The minimum Gasteiger partial charge on any atom is -0.465 e. The number of benzene rings is 2. The predicted molar refractivity (Wildman–Crippen MR) is 104 cm³/mol. The standard InChI is InChI=1S/C20H20N4O3/c1-26-19(25)14-5-4-6-15(13-14)21-20-22-17-8-3-2-7-16(17)18(23-20)24-9-11-27-12-10-24/h2-8,13H,9-12H2,1H3,(H,21,22,23). The van der Waals surface area contributed by atoms with Gasteiger partial charge >= 0.3 is 5.97 Å². The van der Waals surface area contributed by atoms with Crippen molar-refractivity contribution < 1.29 is 14.3 Å². The lowest BCUT2D eigenvalue weighted by molar-refractivity contribution is 0.0601. The lowest BCUT2D eigenvalue weighted by Crippen LogP contribution is -2.37. The third-order valence-electron chi connectivity index (χ3n) is 4.43. The lowest BCUT2D eigenvalue weighted by atomic mass is 10.2. The lowest BCUT2D eigenvalue weighted by Gasteiger charge is -2.29. The maximum atomic E-state index is 11.8. The van der Waals surface area contributed by atoms with Gasteiger partial charge in [0.2, 0.25) is 5.95 Å². The molecule has 1 N–H and O–H groups in total. The summed E-state index contributed by atoms with van der Waals surface area (Å²) in [5.74, 6) is 0.986. The van der Waals surface area contributed by atoms with Crippen molar-refractivity contribution in [2.45, 2.75) is 0 Å². The van der Waals surface area contributed by atoms with Crippen molar-refractivity contribution in [3.8, 4) is 0 Å². The molecule has 0 spiro atoms. The molecule has 0 aliphatic carbocycles.